The number of aromatic nitrogens is 3. The average molecular weight is 246 g/mol. The third-order valence-corrected chi connectivity index (χ3v) is 2.65. The molecular formula is C12H14N4O2. The maximum Gasteiger partial charge on any atom is 0.303 e. The van der Waals surface area contributed by atoms with E-state index in [1.54, 1.807) is 17.1 Å². The molecule has 1 aromatic heterocycles. The van der Waals surface area contributed by atoms with E-state index in [4.69, 9.17) is 10.8 Å². The van der Waals surface area contributed by atoms with Crippen LogP contribution in [-0.4, -0.2) is 26.1 Å². The normalized spacial score (nSPS) is 12.3. The van der Waals surface area contributed by atoms with Crippen LogP contribution >= 0.6 is 0 Å². The first-order valence-electron chi connectivity index (χ1n) is 5.61. The Labute approximate surface area is 104 Å². The van der Waals surface area contributed by atoms with Gasteiger partial charge in [0.1, 0.15) is 0 Å². The molecule has 18 heavy (non-hydrogen) atoms. The van der Waals surface area contributed by atoms with E-state index >= 15 is 0 Å². The van der Waals surface area contributed by atoms with E-state index in [2.05, 4.69) is 10.3 Å². The third kappa shape index (κ3) is 2.92. The highest BCUT2D eigenvalue weighted by molar-refractivity contribution is 5.66. The SMILES string of the molecule is NC(CCC(=O)O)c1cccc(-n2ccnn2)c1. The van der Waals surface area contributed by atoms with Crippen molar-refractivity contribution in [3.8, 4) is 5.69 Å². The topological polar surface area (TPSA) is 94.0 Å². The van der Waals surface area contributed by atoms with E-state index < -0.39 is 5.97 Å². The van der Waals surface area contributed by atoms with Crippen molar-refractivity contribution >= 4 is 5.97 Å². The fourth-order valence-corrected chi connectivity index (χ4v) is 1.69. The van der Waals surface area contributed by atoms with Gasteiger partial charge in [0.2, 0.25) is 0 Å². The molecule has 94 valence electrons. The van der Waals surface area contributed by atoms with Crippen molar-refractivity contribution in [1.82, 2.24) is 15.0 Å². The molecule has 3 N–H and O–H groups in total. The lowest BCUT2D eigenvalue weighted by molar-refractivity contribution is -0.137. The van der Waals surface area contributed by atoms with Gasteiger partial charge in [0, 0.05) is 12.5 Å². The van der Waals surface area contributed by atoms with Gasteiger partial charge in [-0.1, -0.05) is 17.3 Å². The molecule has 0 fully saturated rings. The fraction of sp³-hybridized carbons (Fsp3) is 0.250. The Balaban J connectivity index is 2.14. The predicted molar refractivity (Wildman–Crippen MR) is 65.2 cm³/mol. The van der Waals surface area contributed by atoms with Crippen molar-refractivity contribution in [2.75, 3.05) is 0 Å². The second kappa shape index (κ2) is 5.42. The molecule has 0 saturated heterocycles. The lowest BCUT2D eigenvalue weighted by atomic mass is 10.0. The van der Waals surface area contributed by atoms with Crippen LogP contribution in [0, 0.1) is 0 Å². The summed E-state index contributed by atoms with van der Waals surface area (Å²) < 4.78 is 1.63. The molecule has 6 nitrogen and oxygen atoms in total. The summed E-state index contributed by atoms with van der Waals surface area (Å²) in [7, 11) is 0. The number of hydrogen-bond acceptors (Lipinski definition) is 4. The highest BCUT2D eigenvalue weighted by Crippen LogP contribution is 2.18. The summed E-state index contributed by atoms with van der Waals surface area (Å²) >= 11 is 0. The number of nitrogens with two attached hydrogens (primary N) is 1. The zero-order valence-electron chi connectivity index (χ0n) is 9.73. The Morgan fingerprint density at radius 3 is 3.00 bits per heavy atom. The van der Waals surface area contributed by atoms with E-state index in [0.29, 0.717) is 6.42 Å². The molecule has 0 amide bonds. The predicted octanol–water partition coefficient (Wildman–Crippen LogP) is 1.13. The molecule has 2 aromatic rings. The van der Waals surface area contributed by atoms with Crippen molar-refractivity contribution in [2.24, 2.45) is 5.73 Å². The second-order valence-corrected chi connectivity index (χ2v) is 3.98. The van der Waals surface area contributed by atoms with Gasteiger partial charge in [-0.2, -0.15) is 0 Å². The molecule has 0 radical (unpaired) electrons. The first-order valence-corrected chi connectivity index (χ1v) is 5.61. The number of benzene rings is 1. The van der Waals surface area contributed by atoms with E-state index in [-0.39, 0.29) is 12.5 Å². The Morgan fingerprint density at radius 2 is 2.33 bits per heavy atom. The van der Waals surface area contributed by atoms with Crippen LogP contribution in [-0.2, 0) is 4.79 Å². The number of carbonyl (C=O) groups is 1. The summed E-state index contributed by atoms with van der Waals surface area (Å²) in [5, 5.41) is 16.3. The number of nitrogens with zero attached hydrogens (tertiary/aromatic N) is 3. The molecule has 0 aliphatic heterocycles. The van der Waals surface area contributed by atoms with Crippen LogP contribution in [0.3, 0.4) is 0 Å². The zero-order valence-corrected chi connectivity index (χ0v) is 9.73. The van der Waals surface area contributed by atoms with Crippen LogP contribution < -0.4 is 5.73 Å². The molecule has 0 spiro atoms. The summed E-state index contributed by atoms with van der Waals surface area (Å²) in [4.78, 5) is 10.5. The van der Waals surface area contributed by atoms with Gasteiger partial charge < -0.3 is 10.8 Å². The minimum atomic E-state index is -0.835. The maximum atomic E-state index is 10.5. The minimum Gasteiger partial charge on any atom is -0.481 e. The number of aliphatic carboxylic acids is 1. The monoisotopic (exact) mass is 246 g/mol. The molecule has 1 heterocycles. The molecule has 2 rings (SSSR count). The van der Waals surface area contributed by atoms with Crippen molar-refractivity contribution in [1.29, 1.82) is 0 Å². The number of rotatable bonds is 5. The molecule has 0 aliphatic carbocycles. The molecule has 0 bridgehead atoms. The highest BCUT2D eigenvalue weighted by atomic mass is 16.4. The summed E-state index contributed by atoms with van der Waals surface area (Å²) in [6.45, 7) is 0. The van der Waals surface area contributed by atoms with Crippen molar-refractivity contribution < 1.29 is 9.90 Å². The quantitative estimate of drug-likeness (QED) is 0.824. The Hall–Kier alpha value is -2.21. The first kappa shape index (κ1) is 12.3. The number of hydrogen-bond donors (Lipinski definition) is 2. The second-order valence-electron chi connectivity index (χ2n) is 3.98. The van der Waals surface area contributed by atoms with E-state index in [1.807, 2.05) is 24.3 Å². The van der Waals surface area contributed by atoms with E-state index in [1.165, 1.54) is 0 Å². The van der Waals surface area contributed by atoms with Gasteiger partial charge >= 0.3 is 5.97 Å². The molecular weight excluding hydrogens is 232 g/mol. The lowest BCUT2D eigenvalue weighted by Crippen LogP contribution is -2.12. The standard InChI is InChI=1S/C12H14N4O2/c13-11(4-5-12(17)18)9-2-1-3-10(8-9)16-7-6-14-15-16/h1-3,6-8,11H,4-5,13H2,(H,17,18). The summed E-state index contributed by atoms with van der Waals surface area (Å²) in [5.41, 5.74) is 7.71. The Kier molecular flexibility index (Phi) is 3.69. The van der Waals surface area contributed by atoms with Crippen LogP contribution in [0.25, 0.3) is 5.69 Å². The molecule has 1 aromatic carbocycles. The molecule has 0 saturated carbocycles. The molecule has 1 atom stereocenters. The summed E-state index contributed by atoms with van der Waals surface area (Å²) in [6, 6.07) is 7.24. The average Bonchev–Trinajstić information content (AvgIpc) is 2.90. The van der Waals surface area contributed by atoms with Gasteiger partial charge in [-0.3, -0.25) is 4.79 Å². The van der Waals surface area contributed by atoms with Gasteiger partial charge in [0.15, 0.2) is 0 Å². The maximum absolute atomic E-state index is 10.5. The molecule has 6 heteroatoms. The molecule has 1 unspecified atom stereocenters. The molecule has 0 aliphatic rings. The van der Waals surface area contributed by atoms with Crippen LogP contribution in [0.4, 0.5) is 0 Å². The number of carboxylic acids is 1. The summed E-state index contributed by atoms with van der Waals surface area (Å²) in [5.74, 6) is -0.835. The van der Waals surface area contributed by atoms with Crippen LogP contribution in [0.2, 0.25) is 0 Å². The smallest absolute Gasteiger partial charge is 0.303 e. The van der Waals surface area contributed by atoms with Crippen molar-refractivity contribution in [2.45, 2.75) is 18.9 Å². The van der Waals surface area contributed by atoms with Crippen molar-refractivity contribution in [3.63, 3.8) is 0 Å². The van der Waals surface area contributed by atoms with Gasteiger partial charge in [0.05, 0.1) is 18.1 Å². The van der Waals surface area contributed by atoms with Crippen LogP contribution in [0.15, 0.2) is 36.7 Å². The first-order chi connectivity index (χ1) is 8.66. The van der Waals surface area contributed by atoms with Crippen LogP contribution in [0.5, 0.6) is 0 Å². The van der Waals surface area contributed by atoms with Gasteiger partial charge in [-0.05, 0) is 24.1 Å². The van der Waals surface area contributed by atoms with Crippen LogP contribution in [0.1, 0.15) is 24.4 Å². The van der Waals surface area contributed by atoms with E-state index in [9.17, 15) is 4.79 Å². The van der Waals surface area contributed by atoms with Crippen molar-refractivity contribution in [3.05, 3.63) is 42.2 Å². The summed E-state index contributed by atoms with van der Waals surface area (Å²) in [6.07, 6.45) is 3.81. The zero-order chi connectivity index (χ0) is 13.0. The van der Waals surface area contributed by atoms with Gasteiger partial charge in [-0.15, -0.1) is 5.10 Å². The Morgan fingerprint density at radius 1 is 1.50 bits per heavy atom. The highest BCUT2D eigenvalue weighted by Gasteiger charge is 2.09. The largest absolute Gasteiger partial charge is 0.481 e. The fourth-order valence-electron chi connectivity index (χ4n) is 1.69. The Bertz CT molecular complexity index is 525. The third-order valence-electron chi connectivity index (χ3n) is 2.65. The van der Waals surface area contributed by atoms with Gasteiger partial charge in [0.25, 0.3) is 0 Å². The number of carboxylic acid groups (broad SMARTS) is 1. The van der Waals surface area contributed by atoms with Gasteiger partial charge in [-0.25, -0.2) is 4.68 Å². The lowest BCUT2D eigenvalue weighted by Gasteiger charge is -2.12. The van der Waals surface area contributed by atoms with E-state index in [0.717, 1.165) is 11.3 Å². The minimum absolute atomic E-state index is 0.0642.